The van der Waals surface area contributed by atoms with Crippen molar-refractivity contribution in [3.63, 3.8) is 0 Å². The van der Waals surface area contributed by atoms with Crippen LogP contribution in [0.4, 0.5) is 0 Å². The quantitative estimate of drug-likeness (QED) is 0.171. The molecule has 1 aromatic carbocycles. The maximum Gasteiger partial charge on any atom is 0.337 e. The van der Waals surface area contributed by atoms with Gasteiger partial charge < -0.3 is 9.47 Å². The van der Waals surface area contributed by atoms with E-state index in [0.717, 1.165) is 44.9 Å². The van der Waals surface area contributed by atoms with Gasteiger partial charge in [-0.25, -0.2) is 4.79 Å². The highest BCUT2D eigenvalue weighted by molar-refractivity contribution is 5.90. The first-order chi connectivity index (χ1) is 21.7. The van der Waals surface area contributed by atoms with E-state index in [9.17, 15) is 9.59 Å². The summed E-state index contributed by atoms with van der Waals surface area (Å²) in [5, 5.41) is 0. The molecule has 46 heavy (non-hydrogen) atoms. The third-order valence-electron chi connectivity index (χ3n) is 15.4. The average Bonchev–Trinajstić information content (AvgIpc) is 3.42. The molecule has 6 rings (SSSR count). The molecule has 0 spiro atoms. The number of benzene rings is 1. The summed E-state index contributed by atoms with van der Waals surface area (Å²) in [6.07, 6.45) is 14.7. The minimum absolute atomic E-state index is 0.0271. The number of hydrogen-bond donors (Lipinski definition) is 0. The number of carbonyl (C=O) groups excluding carboxylic acids is 2. The summed E-state index contributed by atoms with van der Waals surface area (Å²) >= 11 is 0. The molecule has 0 N–H and O–H groups in total. The zero-order chi connectivity index (χ0) is 33.3. The lowest BCUT2D eigenvalue weighted by Crippen LogP contribution is -2.66. The van der Waals surface area contributed by atoms with Crippen molar-refractivity contribution in [2.24, 2.45) is 56.7 Å². The zero-order valence-electron chi connectivity index (χ0n) is 30.1. The van der Waals surface area contributed by atoms with Crippen molar-refractivity contribution in [2.45, 2.75) is 119 Å². The van der Waals surface area contributed by atoms with Crippen LogP contribution in [-0.2, 0) is 14.3 Å². The normalized spacial score (nSPS) is 40.8. The van der Waals surface area contributed by atoms with Gasteiger partial charge in [0.2, 0.25) is 0 Å². The summed E-state index contributed by atoms with van der Waals surface area (Å²) < 4.78 is 11.0. The van der Waals surface area contributed by atoms with Gasteiger partial charge in [-0.1, -0.05) is 78.3 Å². The van der Waals surface area contributed by atoms with Crippen LogP contribution in [0.5, 0.6) is 0 Å². The van der Waals surface area contributed by atoms with Crippen LogP contribution in [0.2, 0.25) is 0 Å². The summed E-state index contributed by atoms with van der Waals surface area (Å²) in [5.74, 6) is 2.35. The van der Waals surface area contributed by atoms with E-state index in [0.29, 0.717) is 41.8 Å². The lowest BCUT2D eigenvalue weighted by Gasteiger charge is -2.72. The first-order valence-corrected chi connectivity index (χ1v) is 18.4. The fourth-order valence-corrected chi connectivity index (χ4v) is 13.0. The monoisotopic (exact) mass is 628 g/mol. The predicted octanol–water partition coefficient (Wildman–Crippen LogP) is 10.5. The Morgan fingerprint density at radius 3 is 2.26 bits per heavy atom. The Labute approximate surface area is 279 Å². The first-order valence-electron chi connectivity index (χ1n) is 18.4. The molecule has 0 bridgehead atoms. The second-order valence-corrected chi connectivity index (χ2v) is 17.4. The number of rotatable bonds is 7. The van der Waals surface area contributed by atoms with Gasteiger partial charge in [-0.05, 0) is 146 Å². The van der Waals surface area contributed by atoms with E-state index in [1.54, 1.807) is 0 Å². The van der Waals surface area contributed by atoms with Gasteiger partial charge in [0.1, 0.15) is 0 Å². The van der Waals surface area contributed by atoms with E-state index >= 15 is 0 Å². The largest absolute Gasteiger partial charge is 0.465 e. The number of fused-ring (bicyclic) bond motifs is 7. The van der Waals surface area contributed by atoms with Crippen LogP contribution >= 0.6 is 0 Å². The maximum absolute atomic E-state index is 14.0. The lowest BCUT2D eigenvalue weighted by atomic mass is 9.32. The van der Waals surface area contributed by atoms with Crippen molar-refractivity contribution < 1.29 is 19.1 Å². The van der Waals surface area contributed by atoms with E-state index in [-0.39, 0.29) is 39.0 Å². The molecule has 4 nitrogen and oxygen atoms in total. The molecule has 5 aliphatic carbocycles. The Morgan fingerprint density at radius 1 is 0.891 bits per heavy atom. The maximum atomic E-state index is 14.0. The molecule has 0 aromatic heterocycles. The number of allylic oxidation sites excluding steroid dienone is 3. The molecule has 0 aliphatic heterocycles. The highest BCUT2D eigenvalue weighted by atomic mass is 16.5. The van der Waals surface area contributed by atoms with Gasteiger partial charge >= 0.3 is 11.9 Å². The van der Waals surface area contributed by atoms with Crippen molar-refractivity contribution in [3.8, 4) is 0 Å². The number of hydrogen-bond acceptors (Lipinski definition) is 4. The molecule has 1 aromatic rings. The first kappa shape index (κ1) is 33.5. The van der Waals surface area contributed by atoms with E-state index < -0.39 is 0 Å². The minimum Gasteiger partial charge on any atom is -0.465 e. The molecule has 9 atom stereocenters. The number of esters is 2. The Kier molecular flexibility index (Phi) is 8.50. The summed E-state index contributed by atoms with van der Waals surface area (Å²) in [6.45, 7) is 22.3. The molecule has 0 unspecified atom stereocenters. The van der Waals surface area contributed by atoms with Crippen LogP contribution < -0.4 is 0 Å². The van der Waals surface area contributed by atoms with Gasteiger partial charge in [0, 0.05) is 0 Å². The van der Waals surface area contributed by atoms with Gasteiger partial charge in [0.15, 0.2) is 0 Å². The molecule has 252 valence electrons. The summed E-state index contributed by atoms with van der Waals surface area (Å²) in [5.41, 5.74) is 4.86. The van der Waals surface area contributed by atoms with Gasteiger partial charge in [0.05, 0.1) is 24.7 Å². The molecule has 0 amide bonds. The van der Waals surface area contributed by atoms with Crippen LogP contribution in [0.25, 0.3) is 5.57 Å². The van der Waals surface area contributed by atoms with Crippen molar-refractivity contribution in [1.29, 1.82) is 0 Å². The van der Waals surface area contributed by atoms with Crippen molar-refractivity contribution in [1.82, 2.24) is 0 Å². The average molecular weight is 629 g/mol. The van der Waals surface area contributed by atoms with Crippen molar-refractivity contribution in [3.05, 3.63) is 53.6 Å². The second-order valence-electron chi connectivity index (χ2n) is 17.4. The zero-order valence-corrected chi connectivity index (χ0v) is 30.1. The van der Waals surface area contributed by atoms with Crippen LogP contribution in [0.15, 0.2) is 42.5 Å². The number of methoxy groups -OCH3 is 1. The highest BCUT2D eigenvalue weighted by Crippen LogP contribution is 2.77. The van der Waals surface area contributed by atoms with Crippen LogP contribution in [0.1, 0.15) is 135 Å². The molecular weight excluding hydrogens is 568 g/mol. The van der Waals surface area contributed by atoms with E-state index in [2.05, 4.69) is 73.3 Å². The summed E-state index contributed by atoms with van der Waals surface area (Å²) in [7, 11) is 1.44. The molecule has 5 aliphatic rings. The van der Waals surface area contributed by atoms with Crippen LogP contribution in [-0.4, -0.2) is 25.7 Å². The summed E-state index contributed by atoms with van der Waals surface area (Å²) in [4.78, 5) is 26.1. The Morgan fingerprint density at radius 2 is 1.61 bits per heavy atom. The fourth-order valence-electron chi connectivity index (χ4n) is 13.0. The standard InChI is InChI=1S/C42H60O4/c1-10-11-26-46-37(44)42-23-18-30(27(2)3)35(42)32-16-17-34-39(6)21-19-31(28-12-14-29(15-13-28)36(43)45-9)38(4,5)33(39)20-22-41(34,8)40(32,7)24-25-42/h12-15,19,30,32-35H,2,10-11,16-18,20-26H2,1,3-9H3/t30-,32+,33-,34+,35+,39-,40+,41+,42-/m0/s1. The minimum atomic E-state index is -0.334. The lowest BCUT2D eigenvalue weighted by molar-refractivity contribution is -0.229. The highest BCUT2D eigenvalue weighted by Gasteiger charge is 2.71. The predicted molar refractivity (Wildman–Crippen MR) is 186 cm³/mol. The number of carbonyl (C=O) groups is 2. The van der Waals surface area contributed by atoms with Crippen molar-refractivity contribution >= 4 is 17.5 Å². The van der Waals surface area contributed by atoms with Crippen LogP contribution in [0, 0.1) is 56.7 Å². The van der Waals surface area contributed by atoms with Gasteiger partial charge in [-0.3, -0.25) is 4.79 Å². The molecule has 4 saturated carbocycles. The molecule has 0 radical (unpaired) electrons. The van der Waals surface area contributed by atoms with E-state index in [1.165, 1.54) is 49.5 Å². The third-order valence-corrected chi connectivity index (χ3v) is 15.4. The Bertz CT molecular complexity index is 1400. The third kappa shape index (κ3) is 4.65. The van der Waals surface area contributed by atoms with Gasteiger partial charge in [0.25, 0.3) is 0 Å². The second kappa shape index (κ2) is 11.7. The number of unbranched alkanes of at least 4 members (excludes halogenated alkanes) is 1. The molecule has 0 saturated heterocycles. The van der Waals surface area contributed by atoms with Gasteiger partial charge in [-0.2, -0.15) is 0 Å². The van der Waals surface area contributed by atoms with Gasteiger partial charge in [-0.15, -0.1) is 0 Å². The van der Waals surface area contributed by atoms with E-state index in [4.69, 9.17) is 9.47 Å². The molecular formula is C42H60O4. The van der Waals surface area contributed by atoms with Crippen molar-refractivity contribution in [2.75, 3.05) is 13.7 Å². The topological polar surface area (TPSA) is 52.6 Å². The molecule has 4 heteroatoms. The number of ether oxygens (including phenoxy) is 2. The Balaban J connectivity index is 1.33. The Hall–Kier alpha value is -2.36. The fraction of sp³-hybridized carbons (Fsp3) is 0.714. The summed E-state index contributed by atoms with van der Waals surface area (Å²) in [6, 6.07) is 8.05. The van der Waals surface area contributed by atoms with E-state index in [1.807, 2.05) is 12.1 Å². The molecule has 4 fully saturated rings. The molecule has 0 heterocycles. The SMILES string of the molecule is C=C(C)[C@@H]1CC[C@]2(C(=O)OCCCC)CC[C@]3(C)[C@H](CC[C@@H]4[C@@]5(C)CC=C(c6ccc(C(=O)OC)cc6)C(C)(C)[C@@H]5CC[C@]43C)[C@@H]12. The smallest absolute Gasteiger partial charge is 0.337 e. The van der Waals surface area contributed by atoms with Crippen LogP contribution in [0.3, 0.4) is 0 Å².